The second-order valence-corrected chi connectivity index (χ2v) is 8.78. The van der Waals surface area contributed by atoms with Crippen molar-refractivity contribution in [3.05, 3.63) is 36.2 Å². The fourth-order valence-corrected chi connectivity index (χ4v) is 5.15. The van der Waals surface area contributed by atoms with Gasteiger partial charge in [-0.1, -0.05) is 6.07 Å². The molecule has 5 heterocycles. The van der Waals surface area contributed by atoms with Crippen LogP contribution in [-0.4, -0.2) is 71.1 Å². The molecule has 0 radical (unpaired) electrons. The Morgan fingerprint density at radius 1 is 1.13 bits per heavy atom. The van der Waals surface area contributed by atoms with Crippen molar-refractivity contribution in [3.63, 3.8) is 0 Å². The highest BCUT2D eigenvalue weighted by molar-refractivity contribution is 5.99. The van der Waals surface area contributed by atoms with Gasteiger partial charge in [-0.15, -0.1) is 0 Å². The summed E-state index contributed by atoms with van der Waals surface area (Å²) in [6, 6.07) is 6.42. The Morgan fingerprint density at radius 3 is 2.77 bits per heavy atom. The Balaban J connectivity index is 1.31. The number of rotatable bonds is 5. The molecule has 2 fully saturated rings. The van der Waals surface area contributed by atoms with Gasteiger partial charge < -0.3 is 20.0 Å². The molecular weight excluding hydrogens is 390 g/mol. The van der Waals surface area contributed by atoms with Gasteiger partial charge in [-0.2, -0.15) is 4.98 Å². The highest BCUT2D eigenvalue weighted by Gasteiger charge is 2.37. The van der Waals surface area contributed by atoms with E-state index in [1.54, 1.807) is 6.20 Å². The van der Waals surface area contributed by atoms with Crippen LogP contribution in [0.15, 0.2) is 30.6 Å². The standard InChI is InChI=1S/C23H31N7O/c1-2-24-23-26-14-19-21(27-23)30-11-5-6-18(30)16-29(22(19)31)15-17-8-12-28(13-9-17)20-7-3-4-10-25-20/h3-4,7,10,14,17-18H,2,5-6,8-9,11-13,15-16H2,1H3,(H,24,26,27). The summed E-state index contributed by atoms with van der Waals surface area (Å²) in [6.07, 6.45) is 8.00. The summed E-state index contributed by atoms with van der Waals surface area (Å²) in [5, 5.41) is 3.18. The van der Waals surface area contributed by atoms with Crippen molar-refractivity contribution in [1.82, 2.24) is 19.9 Å². The van der Waals surface area contributed by atoms with E-state index in [9.17, 15) is 4.79 Å². The Labute approximate surface area is 183 Å². The van der Waals surface area contributed by atoms with Crippen LogP contribution in [0.4, 0.5) is 17.6 Å². The maximum atomic E-state index is 13.5. The molecule has 1 unspecified atom stereocenters. The minimum absolute atomic E-state index is 0.0830. The van der Waals surface area contributed by atoms with Gasteiger partial charge in [0.2, 0.25) is 5.95 Å². The zero-order valence-corrected chi connectivity index (χ0v) is 18.2. The van der Waals surface area contributed by atoms with Crippen molar-refractivity contribution >= 4 is 23.5 Å². The van der Waals surface area contributed by atoms with Crippen LogP contribution in [0.1, 0.15) is 43.0 Å². The smallest absolute Gasteiger partial charge is 0.259 e. The average molecular weight is 422 g/mol. The zero-order valence-electron chi connectivity index (χ0n) is 18.2. The molecule has 0 aliphatic carbocycles. The quantitative estimate of drug-likeness (QED) is 0.795. The molecule has 8 nitrogen and oxygen atoms in total. The van der Waals surface area contributed by atoms with Gasteiger partial charge in [0.25, 0.3) is 5.91 Å². The van der Waals surface area contributed by atoms with Crippen LogP contribution < -0.4 is 15.1 Å². The van der Waals surface area contributed by atoms with Gasteiger partial charge in [0.1, 0.15) is 17.2 Å². The summed E-state index contributed by atoms with van der Waals surface area (Å²) in [7, 11) is 0. The van der Waals surface area contributed by atoms with Crippen LogP contribution in [0.5, 0.6) is 0 Å². The number of nitrogens with zero attached hydrogens (tertiary/aromatic N) is 6. The van der Waals surface area contributed by atoms with E-state index in [2.05, 4.69) is 36.1 Å². The summed E-state index contributed by atoms with van der Waals surface area (Å²) >= 11 is 0. The highest BCUT2D eigenvalue weighted by atomic mass is 16.2. The Bertz CT molecular complexity index is 913. The number of amides is 1. The predicted octanol–water partition coefficient (Wildman–Crippen LogP) is 2.64. The number of carbonyl (C=O) groups is 1. The van der Waals surface area contributed by atoms with Gasteiger partial charge in [-0.25, -0.2) is 9.97 Å². The molecule has 5 rings (SSSR count). The Hall–Kier alpha value is -2.90. The van der Waals surface area contributed by atoms with Crippen molar-refractivity contribution in [3.8, 4) is 0 Å². The molecule has 1 amide bonds. The number of hydrogen-bond acceptors (Lipinski definition) is 7. The van der Waals surface area contributed by atoms with E-state index in [1.165, 1.54) is 0 Å². The first-order valence-corrected chi connectivity index (χ1v) is 11.6. The number of piperidine rings is 1. The molecule has 0 spiro atoms. The molecule has 1 atom stereocenters. The molecule has 8 heteroatoms. The summed E-state index contributed by atoms with van der Waals surface area (Å²) < 4.78 is 0. The van der Waals surface area contributed by atoms with Gasteiger partial charge in [0.05, 0.1) is 0 Å². The second kappa shape index (κ2) is 8.69. The van der Waals surface area contributed by atoms with E-state index in [-0.39, 0.29) is 5.91 Å². The summed E-state index contributed by atoms with van der Waals surface area (Å²) in [5.74, 6) is 3.07. The van der Waals surface area contributed by atoms with Crippen LogP contribution in [0, 0.1) is 5.92 Å². The topological polar surface area (TPSA) is 77.5 Å². The van der Waals surface area contributed by atoms with E-state index in [0.29, 0.717) is 23.5 Å². The minimum Gasteiger partial charge on any atom is -0.357 e. The average Bonchev–Trinajstić information content (AvgIpc) is 3.24. The molecule has 0 aromatic carbocycles. The largest absolute Gasteiger partial charge is 0.357 e. The molecule has 2 aromatic rings. The Morgan fingerprint density at radius 2 is 2.00 bits per heavy atom. The molecule has 0 saturated carbocycles. The van der Waals surface area contributed by atoms with Crippen molar-refractivity contribution < 1.29 is 4.79 Å². The SMILES string of the molecule is CCNc1ncc2c(n1)N1CCCC1CN(CC1CCN(c3ccccn3)CC1)C2=O. The summed E-state index contributed by atoms with van der Waals surface area (Å²) in [4.78, 5) is 33.8. The molecule has 3 aliphatic heterocycles. The van der Waals surface area contributed by atoms with Gasteiger partial charge in [-0.3, -0.25) is 4.79 Å². The number of anilines is 3. The number of hydrogen-bond donors (Lipinski definition) is 1. The molecule has 2 saturated heterocycles. The third kappa shape index (κ3) is 4.03. The lowest BCUT2D eigenvalue weighted by molar-refractivity contribution is 0.0716. The van der Waals surface area contributed by atoms with Crippen LogP contribution >= 0.6 is 0 Å². The molecule has 1 N–H and O–H groups in total. The number of carbonyl (C=O) groups excluding carboxylic acids is 1. The molecule has 0 bridgehead atoms. The number of fused-ring (bicyclic) bond motifs is 3. The first-order valence-electron chi connectivity index (χ1n) is 11.6. The zero-order chi connectivity index (χ0) is 21.2. The summed E-state index contributed by atoms with van der Waals surface area (Å²) in [6.45, 7) is 7.33. The van der Waals surface area contributed by atoms with E-state index in [0.717, 1.165) is 76.6 Å². The van der Waals surface area contributed by atoms with Gasteiger partial charge in [-0.05, 0) is 50.7 Å². The first kappa shape index (κ1) is 20.0. The maximum absolute atomic E-state index is 13.5. The Kier molecular flexibility index (Phi) is 5.61. The van der Waals surface area contributed by atoms with Crippen molar-refractivity contribution in [2.24, 2.45) is 5.92 Å². The third-order valence-electron chi connectivity index (χ3n) is 6.77. The molecule has 2 aromatic heterocycles. The van der Waals surface area contributed by atoms with Gasteiger partial charge in [0.15, 0.2) is 0 Å². The van der Waals surface area contributed by atoms with Gasteiger partial charge in [0, 0.05) is 57.7 Å². The lowest BCUT2D eigenvalue weighted by Gasteiger charge is -2.36. The fourth-order valence-electron chi connectivity index (χ4n) is 5.15. The van der Waals surface area contributed by atoms with E-state index in [1.807, 2.05) is 25.3 Å². The normalized spacial score (nSPS) is 21.6. The monoisotopic (exact) mass is 421 g/mol. The van der Waals surface area contributed by atoms with Crippen LogP contribution in [-0.2, 0) is 0 Å². The lowest BCUT2D eigenvalue weighted by Crippen LogP contribution is -2.44. The highest BCUT2D eigenvalue weighted by Crippen LogP contribution is 2.33. The van der Waals surface area contributed by atoms with E-state index >= 15 is 0 Å². The van der Waals surface area contributed by atoms with E-state index < -0.39 is 0 Å². The predicted molar refractivity (Wildman–Crippen MR) is 122 cm³/mol. The van der Waals surface area contributed by atoms with Crippen LogP contribution in [0.3, 0.4) is 0 Å². The number of aromatic nitrogens is 3. The molecule has 3 aliphatic rings. The minimum atomic E-state index is 0.0830. The van der Waals surface area contributed by atoms with Crippen molar-refractivity contribution in [1.29, 1.82) is 0 Å². The fraction of sp³-hybridized carbons (Fsp3) is 0.565. The van der Waals surface area contributed by atoms with Crippen LogP contribution in [0.25, 0.3) is 0 Å². The summed E-state index contributed by atoms with van der Waals surface area (Å²) in [5.41, 5.74) is 0.650. The number of pyridine rings is 1. The molecular formula is C23H31N7O. The van der Waals surface area contributed by atoms with E-state index in [4.69, 9.17) is 4.98 Å². The first-order chi connectivity index (χ1) is 15.2. The van der Waals surface area contributed by atoms with Crippen molar-refractivity contribution in [2.45, 2.75) is 38.6 Å². The second-order valence-electron chi connectivity index (χ2n) is 8.78. The third-order valence-corrected chi connectivity index (χ3v) is 6.77. The number of nitrogens with one attached hydrogen (secondary N) is 1. The van der Waals surface area contributed by atoms with Gasteiger partial charge >= 0.3 is 0 Å². The maximum Gasteiger partial charge on any atom is 0.259 e. The lowest BCUT2D eigenvalue weighted by atomic mass is 9.95. The van der Waals surface area contributed by atoms with Crippen LogP contribution in [0.2, 0.25) is 0 Å². The van der Waals surface area contributed by atoms with Crippen molar-refractivity contribution in [2.75, 3.05) is 54.4 Å². The molecule has 164 valence electrons. The molecule has 31 heavy (non-hydrogen) atoms.